The van der Waals surface area contributed by atoms with Crippen LogP contribution in [0.25, 0.3) is 0 Å². The number of benzene rings is 1. The third-order valence-electron chi connectivity index (χ3n) is 2.62. The van der Waals surface area contributed by atoms with Gasteiger partial charge in [0.15, 0.2) is 0 Å². The molecule has 16 heavy (non-hydrogen) atoms. The van der Waals surface area contributed by atoms with Crippen LogP contribution in [0.3, 0.4) is 0 Å². The fourth-order valence-electron chi connectivity index (χ4n) is 1.65. The van der Waals surface area contributed by atoms with Gasteiger partial charge >= 0.3 is 0 Å². The van der Waals surface area contributed by atoms with E-state index in [1.807, 2.05) is 13.0 Å². The Morgan fingerprint density at radius 3 is 2.19 bits per heavy atom. The van der Waals surface area contributed by atoms with Gasteiger partial charge in [-0.3, -0.25) is 4.21 Å². The van der Waals surface area contributed by atoms with Crippen molar-refractivity contribution in [2.45, 2.75) is 38.0 Å². The summed E-state index contributed by atoms with van der Waals surface area (Å²) in [6, 6.07) is 4.09. The minimum atomic E-state index is -1.02. The molecule has 0 fully saturated rings. The molecule has 1 unspecified atom stereocenters. The summed E-state index contributed by atoms with van der Waals surface area (Å²) in [7, 11) is 0.600. The van der Waals surface area contributed by atoms with Gasteiger partial charge in [-0.25, -0.2) is 0 Å². The van der Waals surface area contributed by atoms with E-state index >= 15 is 0 Å². The second-order valence-corrected chi connectivity index (χ2v) is 6.38. The predicted molar refractivity (Wildman–Crippen MR) is 68.8 cm³/mol. The zero-order valence-corrected chi connectivity index (χ0v) is 11.7. The van der Waals surface area contributed by atoms with Crippen LogP contribution in [0.4, 0.5) is 0 Å². The molecule has 0 aliphatic rings. The van der Waals surface area contributed by atoms with E-state index < -0.39 is 10.8 Å². The van der Waals surface area contributed by atoms with Crippen molar-refractivity contribution >= 4 is 10.8 Å². The number of aryl methyl sites for hydroxylation is 1. The zero-order valence-electron chi connectivity index (χ0n) is 10.9. The van der Waals surface area contributed by atoms with E-state index in [0.29, 0.717) is 0 Å². The molecular weight excluding hydrogens is 220 g/mol. The topological polar surface area (TPSA) is 26.3 Å². The van der Waals surface area contributed by atoms with Crippen molar-refractivity contribution in [1.29, 1.82) is 0 Å². The van der Waals surface area contributed by atoms with Crippen LogP contribution in [0, 0.1) is 6.92 Å². The Morgan fingerprint density at radius 2 is 1.81 bits per heavy atom. The normalized spacial score (nSPS) is 13.6. The van der Waals surface area contributed by atoms with Crippen molar-refractivity contribution in [3.63, 3.8) is 0 Å². The molecule has 0 amide bonds. The minimum Gasteiger partial charge on any atom is -0.495 e. The van der Waals surface area contributed by atoms with Crippen molar-refractivity contribution in [3.8, 4) is 5.75 Å². The summed E-state index contributed by atoms with van der Waals surface area (Å²) in [5.74, 6) is 0.744. The Bertz CT molecular complexity index is 417. The van der Waals surface area contributed by atoms with Crippen LogP contribution in [0.1, 0.15) is 31.9 Å². The first-order chi connectivity index (χ1) is 7.27. The van der Waals surface area contributed by atoms with E-state index in [2.05, 4.69) is 26.8 Å². The Hall–Kier alpha value is -0.830. The number of methoxy groups -OCH3 is 1. The Kier molecular flexibility index (Phi) is 3.79. The first-order valence-corrected chi connectivity index (χ1v) is 6.85. The van der Waals surface area contributed by atoms with Crippen LogP contribution in [-0.4, -0.2) is 17.6 Å². The smallest absolute Gasteiger partial charge is 0.137 e. The van der Waals surface area contributed by atoms with Gasteiger partial charge in [0, 0.05) is 6.26 Å². The van der Waals surface area contributed by atoms with Crippen LogP contribution in [0.2, 0.25) is 0 Å². The molecule has 0 saturated heterocycles. The SMILES string of the molecule is COc1c(C)cc(C(C)(C)C)cc1S(C)=O. The van der Waals surface area contributed by atoms with Gasteiger partial charge in [0.05, 0.1) is 22.8 Å². The molecule has 1 aromatic carbocycles. The van der Waals surface area contributed by atoms with Gasteiger partial charge in [0.25, 0.3) is 0 Å². The van der Waals surface area contributed by atoms with Crippen molar-refractivity contribution < 1.29 is 8.95 Å². The summed E-state index contributed by atoms with van der Waals surface area (Å²) in [6.07, 6.45) is 1.68. The van der Waals surface area contributed by atoms with Gasteiger partial charge < -0.3 is 4.74 Å². The highest BCUT2D eigenvalue weighted by molar-refractivity contribution is 7.84. The van der Waals surface area contributed by atoms with Gasteiger partial charge in [-0.1, -0.05) is 26.8 Å². The maximum absolute atomic E-state index is 11.7. The van der Waals surface area contributed by atoms with E-state index in [-0.39, 0.29) is 5.41 Å². The molecule has 0 saturated carbocycles. The Labute approximate surface area is 100 Å². The average Bonchev–Trinajstić information content (AvgIpc) is 2.14. The molecule has 0 aliphatic carbocycles. The van der Waals surface area contributed by atoms with Gasteiger partial charge in [-0.2, -0.15) is 0 Å². The number of rotatable bonds is 2. The van der Waals surface area contributed by atoms with Gasteiger partial charge in [0.1, 0.15) is 5.75 Å². The molecule has 1 atom stereocenters. The fraction of sp³-hybridized carbons (Fsp3) is 0.538. The largest absolute Gasteiger partial charge is 0.495 e. The van der Waals surface area contributed by atoms with E-state index in [9.17, 15) is 4.21 Å². The van der Waals surface area contributed by atoms with Gasteiger partial charge in [0.2, 0.25) is 0 Å². The quantitative estimate of drug-likeness (QED) is 0.794. The maximum Gasteiger partial charge on any atom is 0.137 e. The molecule has 1 rings (SSSR count). The Morgan fingerprint density at radius 1 is 1.25 bits per heavy atom. The van der Waals surface area contributed by atoms with Crippen LogP contribution in [-0.2, 0) is 16.2 Å². The second-order valence-electron chi connectivity index (χ2n) is 5.03. The molecular formula is C13H20O2S. The van der Waals surface area contributed by atoms with Crippen molar-refractivity contribution in [1.82, 2.24) is 0 Å². The van der Waals surface area contributed by atoms with Crippen LogP contribution in [0.5, 0.6) is 5.75 Å². The second kappa shape index (κ2) is 4.58. The molecule has 0 N–H and O–H groups in total. The molecule has 90 valence electrons. The standard InChI is InChI=1S/C13H20O2S/c1-9-7-10(13(2,3)4)8-11(16(6)14)12(9)15-5/h7-8H,1-6H3. The highest BCUT2D eigenvalue weighted by Crippen LogP contribution is 2.32. The summed E-state index contributed by atoms with van der Waals surface area (Å²) in [5, 5.41) is 0. The zero-order chi connectivity index (χ0) is 12.5. The van der Waals surface area contributed by atoms with Crippen molar-refractivity contribution in [2.75, 3.05) is 13.4 Å². The molecule has 0 heterocycles. The van der Waals surface area contributed by atoms with Crippen LogP contribution >= 0.6 is 0 Å². The first kappa shape index (κ1) is 13.2. The van der Waals surface area contributed by atoms with Crippen molar-refractivity contribution in [2.24, 2.45) is 0 Å². The lowest BCUT2D eigenvalue weighted by molar-refractivity contribution is 0.400. The summed E-state index contributed by atoms with van der Waals surface area (Å²) in [5.41, 5.74) is 2.29. The monoisotopic (exact) mass is 240 g/mol. The van der Waals surface area contributed by atoms with Crippen LogP contribution in [0.15, 0.2) is 17.0 Å². The summed E-state index contributed by atoms with van der Waals surface area (Å²) >= 11 is 0. The molecule has 3 heteroatoms. The maximum atomic E-state index is 11.7. The average molecular weight is 240 g/mol. The van der Waals surface area contributed by atoms with E-state index in [0.717, 1.165) is 16.2 Å². The molecule has 0 bridgehead atoms. The van der Waals surface area contributed by atoms with E-state index in [1.54, 1.807) is 13.4 Å². The Balaban J connectivity index is 3.46. The molecule has 0 radical (unpaired) electrons. The highest BCUT2D eigenvalue weighted by atomic mass is 32.2. The van der Waals surface area contributed by atoms with Crippen LogP contribution < -0.4 is 4.74 Å². The predicted octanol–water partition coefficient (Wildman–Crippen LogP) is 3.04. The molecule has 0 spiro atoms. The van der Waals surface area contributed by atoms with E-state index in [4.69, 9.17) is 4.74 Å². The van der Waals surface area contributed by atoms with E-state index in [1.165, 1.54) is 5.56 Å². The summed E-state index contributed by atoms with van der Waals surface area (Å²) < 4.78 is 17.0. The number of hydrogen-bond acceptors (Lipinski definition) is 2. The lowest BCUT2D eigenvalue weighted by atomic mass is 9.86. The summed E-state index contributed by atoms with van der Waals surface area (Å²) in [4.78, 5) is 0.785. The third-order valence-corrected chi connectivity index (χ3v) is 3.54. The molecule has 0 aliphatic heterocycles. The van der Waals surface area contributed by atoms with Crippen molar-refractivity contribution in [3.05, 3.63) is 23.3 Å². The van der Waals surface area contributed by atoms with Gasteiger partial charge in [-0.15, -0.1) is 0 Å². The minimum absolute atomic E-state index is 0.0607. The third kappa shape index (κ3) is 2.64. The highest BCUT2D eigenvalue weighted by Gasteiger charge is 2.19. The fourth-order valence-corrected chi connectivity index (χ4v) is 2.45. The number of hydrogen-bond donors (Lipinski definition) is 0. The lowest BCUT2D eigenvalue weighted by Gasteiger charge is -2.22. The number of ether oxygens (including phenoxy) is 1. The first-order valence-electron chi connectivity index (χ1n) is 5.30. The molecule has 2 nitrogen and oxygen atoms in total. The molecule has 0 aromatic heterocycles. The molecule has 1 aromatic rings. The summed E-state index contributed by atoms with van der Waals surface area (Å²) in [6.45, 7) is 8.44. The lowest BCUT2D eigenvalue weighted by Crippen LogP contribution is -2.12. The van der Waals surface area contributed by atoms with Gasteiger partial charge in [-0.05, 0) is 29.5 Å².